The van der Waals surface area contributed by atoms with Crippen molar-refractivity contribution in [2.24, 2.45) is 0 Å². The summed E-state index contributed by atoms with van der Waals surface area (Å²) in [6, 6.07) is 20.0. The highest BCUT2D eigenvalue weighted by atomic mass is 16.5. The Kier molecular flexibility index (Phi) is 4.07. The maximum atomic E-state index is 5.95. The lowest BCUT2D eigenvalue weighted by Crippen LogP contribution is -2.21. The molecule has 0 aliphatic heterocycles. The van der Waals surface area contributed by atoms with Crippen molar-refractivity contribution in [1.29, 1.82) is 0 Å². The molecule has 25 heavy (non-hydrogen) atoms. The maximum Gasteiger partial charge on any atom is 0.241 e. The molecule has 0 spiro atoms. The van der Waals surface area contributed by atoms with Gasteiger partial charge in [-0.25, -0.2) is 0 Å². The third kappa shape index (κ3) is 3.19. The Morgan fingerprint density at radius 3 is 2.60 bits per heavy atom. The van der Waals surface area contributed by atoms with E-state index in [0.29, 0.717) is 18.3 Å². The van der Waals surface area contributed by atoms with Crippen LogP contribution in [0.3, 0.4) is 0 Å². The number of furan rings is 1. The summed E-state index contributed by atoms with van der Waals surface area (Å²) in [5.74, 6) is 2.12. The van der Waals surface area contributed by atoms with Gasteiger partial charge >= 0.3 is 0 Å². The topological polar surface area (TPSA) is 55.3 Å². The molecule has 0 amide bonds. The molecule has 4 rings (SSSR count). The van der Waals surface area contributed by atoms with Crippen molar-refractivity contribution in [3.8, 4) is 11.4 Å². The first-order valence-corrected chi connectivity index (χ1v) is 8.27. The van der Waals surface area contributed by atoms with Gasteiger partial charge in [0, 0.05) is 10.9 Å². The zero-order valence-corrected chi connectivity index (χ0v) is 14.2. The molecule has 5 nitrogen and oxygen atoms in total. The van der Waals surface area contributed by atoms with Crippen LogP contribution in [-0.4, -0.2) is 22.1 Å². The fourth-order valence-corrected chi connectivity index (χ4v) is 2.80. The fourth-order valence-electron chi connectivity index (χ4n) is 2.80. The van der Waals surface area contributed by atoms with Gasteiger partial charge in [-0.15, -0.1) is 0 Å². The van der Waals surface area contributed by atoms with E-state index in [1.54, 1.807) is 0 Å². The quantitative estimate of drug-likeness (QED) is 0.531. The lowest BCUT2D eigenvalue weighted by atomic mass is 10.2. The molecule has 0 fully saturated rings. The first-order valence-electron chi connectivity index (χ1n) is 8.27. The van der Waals surface area contributed by atoms with Crippen molar-refractivity contribution >= 4 is 11.0 Å². The zero-order chi connectivity index (χ0) is 17.2. The molecule has 0 saturated carbocycles. The lowest BCUT2D eigenvalue weighted by molar-refractivity contribution is 0.198. The molecule has 0 saturated heterocycles. The largest absolute Gasteiger partial charge is 0.459 e. The minimum Gasteiger partial charge on any atom is -0.459 e. The van der Waals surface area contributed by atoms with Gasteiger partial charge in [-0.1, -0.05) is 53.7 Å². The second-order valence-corrected chi connectivity index (χ2v) is 6.16. The van der Waals surface area contributed by atoms with Crippen LogP contribution in [0.2, 0.25) is 0 Å². The van der Waals surface area contributed by atoms with Crippen LogP contribution in [0.4, 0.5) is 0 Å². The normalized spacial score (nSPS) is 12.8. The van der Waals surface area contributed by atoms with E-state index in [1.807, 2.05) is 55.6 Å². The summed E-state index contributed by atoms with van der Waals surface area (Å²) >= 11 is 0. The molecule has 5 heteroatoms. The van der Waals surface area contributed by atoms with E-state index in [2.05, 4.69) is 34.1 Å². The summed E-state index contributed by atoms with van der Waals surface area (Å²) in [6.07, 6.45) is 0. The molecule has 4 aromatic rings. The van der Waals surface area contributed by atoms with Crippen molar-refractivity contribution in [3.63, 3.8) is 0 Å². The Bertz CT molecular complexity index is 942. The summed E-state index contributed by atoms with van der Waals surface area (Å²) in [7, 11) is 2.02. The number of hydrogen-bond acceptors (Lipinski definition) is 5. The van der Waals surface area contributed by atoms with Crippen molar-refractivity contribution in [2.45, 2.75) is 19.5 Å². The van der Waals surface area contributed by atoms with Gasteiger partial charge in [0.25, 0.3) is 0 Å². The Balaban J connectivity index is 1.49. The highest BCUT2D eigenvalue weighted by Gasteiger charge is 2.19. The molecule has 0 aliphatic carbocycles. The minimum atomic E-state index is 0.0967. The van der Waals surface area contributed by atoms with Gasteiger partial charge in [0.2, 0.25) is 11.7 Å². The van der Waals surface area contributed by atoms with Crippen molar-refractivity contribution in [1.82, 2.24) is 15.0 Å². The minimum absolute atomic E-state index is 0.0967. The lowest BCUT2D eigenvalue weighted by Gasteiger charge is -2.20. The van der Waals surface area contributed by atoms with E-state index < -0.39 is 0 Å². The Morgan fingerprint density at radius 2 is 1.80 bits per heavy atom. The summed E-state index contributed by atoms with van der Waals surface area (Å²) in [4.78, 5) is 6.61. The fraction of sp³-hybridized carbons (Fsp3) is 0.200. The number of nitrogens with zero attached hydrogens (tertiary/aromatic N) is 3. The second-order valence-electron chi connectivity index (χ2n) is 6.16. The van der Waals surface area contributed by atoms with Gasteiger partial charge < -0.3 is 8.94 Å². The van der Waals surface area contributed by atoms with E-state index >= 15 is 0 Å². The van der Waals surface area contributed by atoms with Crippen LogP contribution in [0, 0.1) is 0 Å². The Labute approximate surface area is 145 Å². The highest BCUT2D eigenvalue weighted by Crippen LogP contribution is 2.27. The number of benzene rings is 2. The summed E-state index contributed by atoms with van der Waals surface area (Å²) in [6.45, 7) is 2.66. The number of aromatic nitrogens is 2. The SMILES string of the molecule is CC(c1cc2ccccc2o1)N(C)Cc1nc(-c2ccccc2)no1. The molecule has 2 aromatic heterocycles. The molecule has 0 bridgehead atoms. The van der Waals surface area contributed by atoms with Gasteiger partial charge in [0.05, 0.1) is 12.6 Å². The van der Waals surface area contributed by atoms with Gasteiger partial charge in [-0.3, -0.25) is 4.90 Å². The number of rotatable bonds is 5. The predicted molar refractivity (Wildman–Crippen MR) is 95.8 cm³/mol. The van der Waals surface area contributed by atoms with Crippen LogP contribution in [-0.2, 0) is 6.54 Å². The van der Waals surface area contributed by atoms with Gasteiger partial charge in [-0.05, 0) is 26.1 Å². The molecule has 1 unspecified atom stereocenters. The molecule has 2 heterocycles. The summed E-state index contributed by atoms with van der Waals surface area (Å²) < 4.78 is 11.4. The molecule has 0 aliphatic rings. The summed E-state index contributed by atoms with van der Waals surface area (Å²) in [5.41, 5.74) is 1.85. The van der Waals surface area contributed by atoms with Gasteiger partial charge in [0.1, 0.15) is 11.3 Å². The number of para-hydroxylation sites is 1. The Morgan fingerprint density at radius 1 is 1.04 bits per heavy atom. The number of hydrogen-bond donors (Lipinski definition) is 0. The average Bonchev–Trinajstić information content (AvgIpc) is 3.28. The maximum absolute atomic E-state index is 5.95. The number of fused-ring (bicyclic) bond motifs is 1. The van der Waals surface area contributed by atoms with Crippen LogP contribution in [0.25, 0.3) is 22.4 Å². The van der Waals surface area contributed by atoms with E-state index in [-0.39, 0.29) is 6.04 Å². The third-order valence-corrected chi connectivity index (χ3v) is 4.40. The van der Waals surface area contributed by atoms with Crippen LogP contribution in [0.15, 0.2) is 69.6 Å². The molecule has 1 atom stereocenters. The van der Waals surface area contributed by atoms with E-state index in [4.69, 9.17) is 8.94 Å². The first-order chi connectivity index (χ1) is 12.2. The first kappa shape index (κ1) is 15.6. The average molecular weight is 333 g/mol. The van der Waals surface area contributed by atoms with Gasteiger partial charge in [0.15, 0.2) is 0 Å². The predicted octanol–water partition coefficient (Wildman–Crippen LogP) is 4.68. The molecule has 2 aromatic carbocycles. The Hall–Kier alpha value is -2.92. The standard InChI is InChI=1S/C20H19N3O2/c1-14(18-12-16-10-6-7-11-17(16)24-18)23(2)13-19-21-20(22-25-19)15-8-4-3-5-9-15/h3-12,14H,13H2,1-2H3. The highest BCUT2D eigenvalue weighted by molar-refractivity contribution is 5.77. The molecule has 126 valence electrons. The van der Waals surface area contributed by atoms with E-state index in [9.17, 15) is 0 Å². The molecular weight excluding hydrogens is 314 g/mol. The van der Waals surface area contributed by atoms with Crippen LogP contribution in [0.1, 0.15) is 24.6 Å². The van der Waals surface area contributed by atoms with Crippen molar-refractivity contribution in [3.05, 3.63) is 72.3 Å². The van der Waals surface area contributed by atoms with Crippen LogP contribution >= 0.6 is 0 Å². The smallest absolute Gasteiger partial charge is 0.241 e. The van der Waals surface area contributed by atoms with Crippen molar-refractivity contribution < 1.29 is 8.94 Å². The van der Waals surface area contributed by atoms with E-state index in [1.165, 1.54) is 0 Å². The van der Waals surface area contributed by atoms with Crippen LogP contribution in [0.5, 0.6) is 0 Å². The summed E-state index contributed by atoms with van der Waals surface area (Å²) in [5, 5.41) is 5.18. The molecule has 0 radical (unpaired) electrons. The molecule has 0 N–H and O–H groups in total. The second kappa shape index (κ2) is 6.53. The van der Waals surface area contributed by atoms with Crippen molar-refractivity contribution in [2.75, 3.05) is 7.05 Å². The monoisotopic (exact) mass is 333 g/mol. The van der Waals surface area contributed by atoms with Gasteiger partial charge in [-0.2, -0.15) is 4.98 Å². The molecular formula is C20H19N3O2. The van der Waals surface area contributed by atoms with E-state index in [0.717, 1.165) is 22.3 Å². The van der Waals surface area contributed by atoms with Crippen LogP contribution < -0.4 is 0 Å². The zero-order valence-electron chi connectivity index (χ0n) is 14.2. The third-order valence-electron chi connectivity index (χ3n) is 4.40.